The number of piperidine rings is 1. The monoisotopic (exact) mass is 517 g/mol. The first-order chi connectivity index (χ1) is 17.2. The van der Waals surface area contributed by atoms with Crippen molar-refractivity contribution in [1.82, 2.24) is 24.6 Å². The second-order valence-electron chi connectivity index (χ2n) is 10.2. The summed E-state index contributed by atoms with van der Waals surface area (Å²) in [6.45, 7) is 5.29. The fourth-order valence-corrected chi connectivity index (χ4v) is 6.07. The highest BCUT2D eigenvalue weighted by atomic mass is 32.1. The lowest BCUT2D eigenvalue weighted by Gasteiger charge is -2.33. The molecule has 10 heteroatoms. The van der Waals surface area contributed by atoms with Crippen LogP contribution in [0.3, 0.4) is 0 Å². The summed E-state index contributed by atoms with van der Waals surface area (Å²) in [5.41, 5.74) is 2.58. The normalized spacial score (nSPS) is 18.0. The van der Waals surface area contributed by atoms with Gasteiger partial charge in [-0.05, 0) is 57.3 Å². The van der Waals surface area contributed by atoms with E-state index in [9.17, 15) is 13.6 Å². The number of Topliss-reactive ketones (excluding diaryl/α,β-unsaturated/α-hetero) is 1. The van der Waals surface area contributed by atoms with Crippen molar-refractivity contribution in [2.24, 2.45) is 13.0 Å². The molecule has 1 fully saturated rings. The number of nitrogens with zero attached hydrogens (tertiary/aromatic N) is 5. The molecule has 0 N–H and O–H groups in total. The molecule has 0 spiro atoms. The van der Waals surface area contributed by atoms with Crippen LogP contribution in [-0.2, 0) is 20.0 Å². The summed E-state index contributed by atoms with van der Waals surface area (Å²) in [4.78, 5) is 23.3. The van der Waals surface area contributed by atoms with Gasteiger partial charge in [0.1, 0.15) is 0 Å². The molecule has 0 unspecified atom stereocenters. The molecule has 4 heterocycles. The third kappa shape index (κ3) is 6.10. The van der Waals surface area contributed by atoms with Crippen LogP contribution in [-0.4, -0.2) is 75.6 Å². The Morgan fingerprint density at radius 2 is 2.03 bits per heavy atom. The van der Waals surface area contributed by atoms with Crippen LogP contribution in [0.1, 0.15) is 47.1 Å². The largest absolute Gasteiger partial charge is 0.464 e. The molecular weight excluding hydrogens is 484 g/mol. The molecule has 0 amide bonds. The number of hydrogen-bond acceptors (Lipinski definition) is 7. The Balaban J connectivity index is 1.06. The number of thiazole rings is 1. The van der Waals surface area contributed by atoms with E-state index in [1.165, 1.54) is 11.3 Å². The maximum Gasteiger partial charge on any atom is 0.278 e. The Labute approximate surface area is 214 Å². The number of ketones is 1. The number of carbonyl (C=O) groups excluding carboxylic acids is 1. The van der Waals surface area contributed by atoms with Crippen molar-refractivity contribution in [1.29, 1.82) is 0 Å². The summed E-state index contributed by atoms with van der Waals surface area (Å²) >= 11 is 1.40. The molecule has 3 aromatic rings. The summed E-state index contributed by atoms with van der Waals surface area (Å²) in [6, 6.07) is 5.75. The highest BCUT2D eigenvalue weighted by Gasteiger charge is 2.27. The number of hydrogen-bond donors (Lipinski definition) is 0. The van der Waals surface area contributed by atoms with Gasteiger partial charge in [-0.15, -0.1) is 0 Å². The van der Waals surface area contributed by atoms with Crippen LogP contribution in [0.5, 0.6) is 5.19 Å². The zero-order valence-electron chi connectivity index (χ0n) is 20.9. The molecule has 5 rings (SSSR count). The van der Waals surface area contributed by atoms with Gasteiger partial charge in [-0.1, -0.05) is 23.5 Å². The molecule has 194 valence electrons. The van der Waals surface area contributed by atoms with Gasteiger partial charge in [-0.2, -0.15) is 5.10 Å². The van der Waals surface area contributed by atoms with Crippen molar-refractivity contribution in [2.75, 3.05) is 39.3 Å². The van der Waals surface area contributed by atoms with Gasteiger partial charge < -0.3 is 4.74 Å². The number of rotatable bonds is 9. The average molecular weight is 518 g/mol. The highest BCUT2D eigenvalue weighted by molar-refractivity contribution is 7.13. The van der Waals surface area contributed by atoms with E-state index < -0.39 is 12.5 Å². The molecule has 0 radical (unpaired) electrons. The van der Waals surface area contributed by atoms with Crippen molar-refractivity contribution < 1.29 is 18.3 Å². The molecule has 2 aliphatic heterocycles. The molecule has 1 saturated heterocycles. The van der Waals surface area contributed by atoms with Gasteiger partial charge in [0.05, 0.1) is 17.8 Å². The lowest BCUT2D eigenvalue weighted by molar-refractivity contribution is -0.0230. The van der Waals surface area contributed by atoms with Crippen LogP contribution >= 0.6 is 11.3 Å². The average Bonchev–Trinajstić information content (AvgIpc) is 3.43. The van der Waals surface area contributed by atoms with E-state index in [0.717, 1.165) is 92.4 Å². The van der Waals surface area contributed by atoms with E-state index in [0.29, 0.717) is 17.7 Å². The highest BCUT2D eigenvalue weighted by Crippen LogP contribution is 2.31. The SMILES string of the molecule is Cn1cc2c(C(=O)CN3CCC(CCN4CCc5sc(OCC(C)(F)F)nc5C4)CC3)cccc2n1. The Bertz CT molecular complexity index is 1210. The minimum Gasteiger partial charge on any atom is -0.464 e. The zero-order valence-corrected chi connectivity index (χ0v) is 21.7. The van der Waals surface area contributed by atoms with Crippen LogP contribution in [0, 0.1) is 5.92 Å². The standard InChI is InChI=1S/C26H33F2N5O2S/c1-26(27,28)17-35-25-29-22-15-32(13-9-24(22)36-25)10-6-18-7-11-33(12-8-18)16-23(34)19-4-3-5-21-20(19)14-31(2)30-21/h3-5,14,18H,6-13,15-17H2,1-2H3. The molecule has 0 bridgehead atoms. The Morgan fingerprint density at radius 1 is 1.22 bits per heavy atom. The first kappa shape index (κ1) is 25.2. The second kappa shape index (κ2) is 10.5. The Morgan fingerprint density at radius 3 is 2.81 bits per heavy atom. The van der Waals surface area contributed by atoms with E-state index in [2.05, 4.69) is 19.9 Å². The first-order valence-corrected chi connectivity index (χ1v) is 13.4. The van der Waals surface area contributed by atoms with E-state index in [4.69, 9.17) is 4.74 Å². The number of aryl methyl sites for hydroxylation is 1. The molecular formula is C26H33F2N5O2S. The van der Waals surface area contributed by atoms with Gasteiger partial charge in [0.25, 0.3) is 11.1 Å². The van der Waals surface area contributed by atoms with Gasteiger partial charge in [0.15, 0.2) is 12.4 Å². The summed E-state index contributed by atoms with van der Waals surface area (Å²) in [6.07, 6.45) is 6.14. The van der Waals surface area contributed by atoms with Gasteiger partial charge in [-0.3, -0.25) is 19.3 Å². The maximum absolute atomic E-state index is 13.1. The molecule has 1 aromatic carbocycles. The molecule has 0 atom stereocenters. The van der Waals surface area contributed by atoms with Crippen molar-refractivity contribution in [3.63, 3.8) is 0 Å². The van der Waals surface area contributed by atoms with Crippen LogP contribution in [0.2, 0.25) is 0 Å². The summed E-state index contributed by atoms with van der Waals surface area (Å²) in [7, 11) is 1.88. The van der Waals surface area contributed by atoms with Crippen LogP contribution in [0.15, 0.2) is 24.4 Å². The summed E-state index contributed by atoms with van der Waals surface area (Å²) < 4.78 is 33.1. The lowest BCUT2D eigenvalue weighted by atomic mass is 9.92. The number of carbonyl (C=O) groups is 1. The Kier molecular flexibility index (Phi) is 7.37. The van der Waals surface area contributed by atoms with Gasteiger partial charge >= 0.3 is 0 Å². The summed E-state index contributed by atoms with van der Waals surface area (Å²) in [5, 5.41) is 5.69. The van der Waals surface area contributed by atoms with Gasteiger partial charge in [0.2, 0.25) is 0 Å². The van der Waals surface area contributed by atoms with Gasteiger partial charge in [-0.25, -0.2) is 13.8 Å². The molecule has 2 aromatic heterocycles. The topological polar surface area (TPSA) is 63.5 Å². The molecule has 2 aliphatic rings. The van der Waals surface area contributed by atoms with E-state index >= 15 is 0 Å². The van der Waals surface area contributed by atoms with Crippen LogP contribution in [0.25, 0.3) is 10.9 Å². The van der Waals surface area contributed by atoms with Crippen LogP contribution < -0.4 is 4.74 Å². The number of ether oxygens (including phenoxy) is 1. The molecule has 7 nitrogen and oxygen atoms in total. The van der Waals surface area contributed by atoms with Crippen molar-refractivity contribution in [3.05, 3.63) is 40.5 Å². The van der Waals surface area contributed by atoms with E-state index in [-0.39, 0.29) is 5.78 Å². The molecule has 36 heavy (non-hydrogen) atoms. The number of alkyl halides is 2. The maximum atomic E-state index is 13.1. The van der Waals surface area contributed by atoms with E-state index in [1.807, 2.05) is 31.4 Å². The quantitative estimate of drug-likeness (QED) is 0.392. The Hall–Kier alpha value is -2.43. The second-order valence-corrected chi connectivity index (χ2v) is 11.3. The third-order valence-electron chi connectivity index (χ3n) is 7.13. The number of halogens is 2. The fourth-order valence-electron chi connectivity index (χ4n) is 5.16. The van der Waals surface area contributed by atoms with Crippen LogP contribution in [0.4, 0.5) is 8.78 Å². The third-order valence-corrected chi connectivity index (χ3v) is 8.20. The van der Waals surface area contributed by atoms with Crippen molar-refractivity contribution in [3.8, 4) is 5.19 Å². The first-order valence-electron chi connectivity index (χ1n) is 12.6. The fraction of sp³-hybridized carbons (Fsp3) is 0.577. The lowest BCUT2D eigenvalue weighted by Crippen LogP contribution is -2.38. The van der Waals surface area contributed by atoms with E-state index in [1.54, 1.807) is 4.68 Å². The number of benzene rings is 1. The van der Waals surface area contributed by atoms with Gasteiger partial charge in [0, 0.05) is 49.1 Å². The molecule has 0 aliphatic carbocycles. The smallest absolute Gasteiger partial charge is 0.278 e. The summed E-state index contributed by atoms with van der Waals surface area (Å²) in [5.74, 6) is -2.04. The molecule has 0 saturated carbocycles. The van der Waals surface area contributed by atoms with Crippen molar-refractivity contribution >= 4 is 28.0 Å². The predicted octanol–water partition coefficient (Wildman–Crippen LogP) is 4.41. The number of likely N-dealkylation sites (tertiary alicyclic amines) is 1. The zero-order chi connectivity index (χ0) is 25.3. The van der Waals surface area contributed by atoms with Crippen molar-refractivity contribution in [2.45, 2.75) is 45.1 Å². The number of aromatic nitrogens is 3. The number of fused-ring (bicyclic) bond motifs is 2. The minimum atomic E-state index is -2.85. The predicted molar refractivity (Wildman–Crippen MR) is 136 cm³/mol. The minimum absolute atomic E-state index is 0.158.